The summed E-state index contributed by atoms with van der Waals surface area (Å²) in [5, 5.41) is 12.1. The normalized spacial score (nSPS) is 15.2. The van der Waals surface area contributed by atoms with Crippen molar-refractivity contribution < 1.29 is 0 Å². The van der Waals surface area contributed by atoms with Crippen LogP contribution in [-0.2, 0) is 13.6 Å². The van der Waals surface area contributed by atoms with Gasteiger partial charge in [-0.25, -0.2) is 0 Å². The van der Waals surface area contributed by atoms with Gasteiger partial charge in [-0.2, -0.15) is 0 Å². The van der Waals surface area contributed by atoms with Gasteiger partial charge in [-0.1, -0.05) is 48.5 Å². The quantitative estimate of drug-likeness (QED) is 0.419. The Morgan fingerprint density at radius 2 is 1.75 bits per heavy atom. The van der Waals surface area contributed by atoms with Crippen molar-refractivity contribution in [3.63, 3.8) is 0 Å². The number of aryl methyl sites for hydroxylation is 1. The Kier molecular flexibility index (Phi) is 4.36. The van der Waals surface area contributed by atoms with Crippen LogP contribution in [0.1, 0.15) is 37.2 Å². The van der Waals surface area contributed by atoms with Crippen molar-refractivity contribution in [1.82, 2.24) is 24.1 Å². The molecule has 0 aliphatic heterocycles. The van der Waals surface area contributed by atoms with Crippen LogP contribution in [0.25, 0.3) is 27.5 Å². The zero-order valence-corrected chi connectivity index (χ0v) is 18.3. The highest BCUT2D eigenvalue weighted by Crippen LogP contribution is 2.36. The highest BCUT2D eigenvalue weighted by Gasteiger charge is 2.34. The van der Waals surface area contributed by atoms with Crippen molar-refractivity contribution in [2.45, 2.75) is 38.4 Å². The van der Waals surface area contributed by atoms with Gasteiger partial charge in [0.1, 0.15) is 0 Å². The number of nitrogens with zero attached hydrogens (tertiary/aromatic N) is 5. The third-order valence-electron chi connectivity index (χ3n) is 6.79. The van der Waals surface area contributed by atoms with Crippen molar-refractivity contribution in [1.29, 1.82) is 0 Å². The smallest absolute Gasteiger partial charge is 0.262 e. The maximum Gasteiger partial charge on any atom is 0.262 e. The lowest BCUT2D eigenvalue weighted by Crippen LogP contribution is -2.30. The number of aromatic nitrogens is 4. The third-order valence-corrected chi connectivity index (χ3v) is 6.79. The molecule has 2 aromatic heterocycles. The average molecular weight is 424 g/mol. The predicted octanol–water partition coefficient (Wildman–Crippen LogP) is 4.46. The molecule has 0 amide bonds. The summed E-state index contributed by atoms with van der Waals surface area (Å²) in [5.41, 5.74) is 2.12. The minimum Gasteiger partial charge on any atom is -0.286 e. The summed E-state index contributed by atoms with van der Waals surface area (Å²) in [5.74, 6) is 1.45. The second-order valence-corrected chi connectivity index (χ2v) is 8.82. The monoisotopic (exact) mass is 423 g/mol. The zero-order valence-electron chi connectivity index (χ0n) is 18.3. The molecule has 0 saturated heterocycles. The molecule has 32 heavy (non-hydrogen) atoms. The molecule has 1 aliphatic rings. The lowest BCUT2D eigenvalue weighted by molar-refractivity contribution is 0.185. The van der Waals surface area contributed by atoms with E-state index in [4.69, 9.17) is 0 Å². The van der Waals surface area contributed by atoms with E-state index in [-0.39, 0.29) is 11.6 Å². The molecule has 5 aromatic rings. The number of benzene rings is 3. The van der Waals surface area contributed by atoms with Gasteiger partial charge >= 0.3 is 0 Å². The molecule has 6 heteroatoms. The van der Waals surface area contributed by atoms with E-state index in [1.165, 1.54) is 29.2 Å². The Labute approximate surface area is 185 Å². The molecule has 6 rings (SSSR count). The van der Waals surface area contributed by atoms with Crippen LogP contribution >= 0.6 is 0 Å². The first kappa shape index (κ1) is 19.2. The highest BCUT2D eigenvalue weighted by molar-refractivity contribution is 5.83. The van der Waals surface area contributed by atoms with Crippen molar-refractivity contribution >= 4 is 27.5 Å². The molecule has 1 aliphatic carbocycles. The van der Waals surface area contributed by atoms with E-state index in [1.54, 1.807) is 11.6 Å². The van der Waals surface area contributed by atoms with Crippen molar-refractivity contribution in [3.8, 4) is 0 Å². The van der Waals surface area contributed by atoms with E-state index in [0.29, 0.717) is 23.8 Å². The van der Waals surface area contributed by atoms with E-state index in [1.807, 2.05) is 28.7 Å². The molecular formula is C26H25N5O. The third kappa shape index (κ3) is 3.02. The van der Waals surface area contributed by atoms with E-state index >= 15 is 0 Å². The molecule has 160 valence electrons. The van der Waals surface area contributed by atoms with E-state index in [2.05, 4.69) is 64.5 Å². The summed E-state index contributed by atoms with van der Waals surface area (Å²) in [4.78, 5) is 15.3. The summed E-state index contributed by atoms with van der Waals surface area (Å²) in [6, 6.07) is 23.7. The van der Waals surface area contributed by atoms with Crippen molar-refractivity contribution in [2.75, 3.05) is 0 Å². The lowest BCUT2D eigenvalue weighted by atomic mass is 10.0. The first-order valence-corrected chi connectivity index (χ1v) is 11.2. The van der Waals surface area contributed by atoms with E-state index in [9.17, 15) is 4.79 Å². The minimum atomic E-state index is -0.0457. The van der Waals surface area contributed by atoms with Crippen LogP contribution in [0.15, 0.2) is 71.5 Å². The van der Waals surface area contributed by atoms with Crippen LogP contribution in [-0.4, -0.2) is 30.1 Å². The standard InChI is InChI=1S/C26H25N5O/c1-17(19-12-11-18-7-3-4-8-20(18)15-19)30(21-13-14-21)16-24-27-28-26-29(2)25(32)22-9-5-6-10-23(22)31(24)26/h3-12,15,17,21H,13-14,16H2,1-2H3. The van der Waals surface area contributed by atoms with Gasteiger partial charge < -0.3 is 0 Å². The van der Waals surface area contributed by atoms with E-state index < -0.39 is 0 Å². The molecule has 0 bridgehead atoms. The average Bonchev–Trinajstić information content (AvgIpc) is 3.59. The molecule has 3 aromatic carbocycles. The zero-order chi connectivity index (χ0) is 21.8. The van der Waals surface area contributed by atoms with Gasteiger partial charge in [-0.3, -0.25) is 18.7 Å². The van der Waals surface area contributed by atoms with Crippen molar-refractivity contribution in [2.24, 2.45) is 7.05 Å². The first-order chi connectivity index (χ1) is 15.6. The Morgan fingerprint density at radius 3 is 2.56 bits per heavy atom. The summed E-state index contributed by atoms with van der Waals surface area (Å²) in [7, 11) is 1.76. The Bertz CT molecular complexity index is 1530. The second-order valence-electron chi connectivity index (χ2n) is 8.82. The topological polar surface area (TPSA) is 55.4 Å². The summed E-state index contributed by atoms with van der Waals surface area (Å²) in [6.07, 6.45) is 2.40. The maximum absolute atomic E-state index is 12.8. The van der Waals surface area contributed by atoms with Gasteiger partial charge in [0.05, 0.1) is 17.4 Å². The van der Waals surface area contributed by atoms with E-state index in [0.717, 1.165) is 11.3 Å². The van der Waals surface area contributed by atoms with Gasteiger partial charge in [-0.05, 0) is 54.3 Å². The Hall–Kier alpha value is -3.51. The Balaban J connectivity index is 1.44. The largest absolute Gasteiger partial charge is 0.286 e. The fourth-order valence-corrected chi connectivity index (χ4v) is 4.81. The maximum atomic E-state index is 12.8. The number of rotatable bonds is 5. The van der Waals surface area contributed by atoms with Crippen LogP contribution in [0, 0.1) is 0 Å². The molecule has 2 heterocycles. The van der Waals surface area contributed by atoms with Gasteiger partial charge in [-0.15, -0.1) is 10.2 Å². The lowest BCUT2D eigenvalue weighted by Gasteiger charge is -2.29. The molecule has 6 nitrogen and oxygen atoms in total. The molecule has 0 radical (unpaired) electrons. The van der Waals surface area contributed by atoms with Crippen LogP contribution in [0.5, 0.6) is 0 Å². The first-order valence-electron chi connectivity index (χ1n) is 11.2. The van der Waals surface area contributed by atoms with Crippen molar-refractivity contribution in [3.05, 3.63) is 88.5 Å². The fourth-order valence-electron chi connectivity index (χ4n) is 4.81. The number of fused-ring (bicyclic) bond motifs is 4. The van der Waals surface area contributed by atoms with Gasteiger partial charge in [0.25, 0.3) is 5.56 Å². The molecule has 1 saturated carbocycles. The number of para-hydroxylation sites is 1. The van der Waals surface area contributed by atoms with Gasteiger partial charge in [0, 0.05) is 19.1 Å². The van der Waals surface area contributed by atoms with Crippen LogP contribution in [0.4, 0.5) is 0 Å². The minimum absolute atomic E-state index is 0.0457. The molecule has 0 N–H and O–H groups in total. The number of hydrogen-bond donors (Lipinski definition) is 0. The molecule has 1 fully saturated rings. The summed E-state index contributed by atoms with van der Waals surface area (Å²) < 4.78 is 3.63. The van der Waals surface area contributed by atoms with Crippen LogP contribution in [0.3, 0.4) is 0 Å². The summed E-state index contributed by atoms with van der Waals surface area (Å²) >= 11 is 0. The number of hydrogen-bond acceptors (Lipinski definition) is 4. The fraction of sp³-hybridized carbons (Fsp3) is 0.269. The van der Waals surface area contributed by atoms with Crippen LogP contribution < -0.4 is 5.56 Å². The Morgan fingerprint density at radius 1 is 1.00 bits per heavy atom. The predicted molar refractivity (Wildman–Crippen MR) is 127 cm³/mol. The molecule has 0 spiro atoms. The van der Waals surface area contributed by atoms with Crippen LogP contribution in [0.2, 0.25) is 0 Å². The summed E-state index contributed by atoms with van der Waals surface area (Å²) in [6.45, 7) is 2.96. The van der Waals surface area contributed by atoms with Gasteiger partial charge in [0.2, 0.25) is 5.78 Å². The second kappa shape index (κ2) is 7.28. The highest BCUT2D eigenvalue weighted by atomic mass is 16.1. The molecular weight excluding hydrogens is 398 g/mol. The SMILES string of the molecule is CC(c1ccc2ccccc2c1)N(Cc1nnc2n(C)c(=O)c3ccccc3n12)C1CC1. The van der Waals surface area contributed by atoms with Gasteiger partial charge in [0.15, 0.2) is 5.82 Å². The molecule has 1 atom stereocenters. The molecule has 1 unspecified atom stereocenters.